The second kappa shape index (κ2) is 8.98. The Morgan fingerprint density at radius 3 is 2.36 bits per heavy atom. The van der Waals surface area contributed by atoms with E-state index in [2.05, 4.69) is 10.0 Å². The maximum Gasteiger partial charge on any atom is 0.242 e. The van der Waals surface area contributed by atoms with Gasteiger partial charge in [0, 0.05) is 5.69 Å². The van der Waals surface area contributed by atoms with Crippen molar-refractivity contribution in [2.45, 2.75) is 17.4 Å². The van der Waals surface area contributed by atoms with E-state index in [0.29, 0.717) is 17.9 Å². The normalized spacial score (nSPS) is 12.6. The Bertz CT molecular complexity index is 796. The third-order valence-electron chi connectivity index (χ3n) is 3.39. The summed E-state index contributed by atoms with van der Waals surface area (Å²) in [5.41, 5.74) is 0.402. The molecule has 2 aromatic carbocycles. The van der Waals surface area contributed by atoms with E-state index < -0.39 is 27.8 Å². The highest BCUT2D eigenvalue weighted by Gasteiger charge is 2.25. The maximum absolute atomic E-state index is 13.0. The number of halogens is 1. The minimum atomic E-state index is -3.81. The quantitative estimate of drug-likeness (QED) is 0.736. The lowest BCUT2D eigenvalue weighted by molar-refractivity contribution is -0.117. The summed E-state index contributed by atoms with van der Waals surface area (Å²) in [4.78, 5) is 12.6. The molecule has 1 amide bonds. The standard InChI is InChI=1S/C17H19FN2O3S2/c1-24-12-11-16(17(21)19-14-9-7-13(18)8-10-14)20-25(22,23)15-5-3-2-4-6-15/h2-10,16,20H,11-12H2,1H3,(H,19,21). The van der Waals surface area contributed by atoms with Gasteiger partial charge in [0.05, 0.1) is 4.90 Å². The topological polar surface area (TPSA) is 75.3 Å². The molecule has 0 aromatic heterocycles. The molecule has 0 bridgehead atoms. The van der Waals surface area contributed by atoms with Crippen molar-refractivity contribution < 1.29 is 17.6 Å². The molecule has 0 fully saturated rings. The number of rotatable bonds is 8. The van der Waals surface area contributed by atoms with Gasteiger partial charge >= 0.3 is 0 Å². The van der Waals surface area contributed by atoms with E-state index in [4.69, 9.17) is 0 Å². The van der Waals surface area contributed by atoms with Gasteiger partial charge in [-0.25, -0.2) is 12.8 Å². The van der Waals surface area contributed by atoms with Gasteiger partial charge in [-0.1, -0.05) is 18.2 Å². The number of benzene rings is 2. The van der Waals surface area contributed by atoms with Crippen LogP contribution in [0.2, 0.25) is 0 Å². The first-order chi connectivity index (χ1) is 11.9. The third-order valence-corrected chi connectivity index (χ3v) is 5.52. The number of carbonyl (C=O) groups excluding carboxylic acids is 1. The van der Waals surface area contributed by atoms with Crippen LogP contribution in [0.3, 0.4) is 0 Å². The van der Waals surface area contributed by atoms with Gasteiger partial charge in [-0.3, -0.25) is 4.79 Å². The maximum atomic E-state index is 13.0. The minimum absolute atomic E-state index is 0.0960. The molecule has 2 rings (SSSR count). The van der Waals surface area contributed by atoms with Gasteiger partial charge in [0.1, 0.15) is 11.9 Å². The zero-order valence-corrected chi connectivity index (χ0v) is 15.2. The molecule has 0 radical (unpaired) electrons. The van der Waals surface area contributed by atoms with Crippen LogP contribution in [-0.4, -0.2) is 32.4 Å². The van der Waals surface area contributed by atoms with Gasteiger partial charge in [0.15, 0.2) is 0 Å². The highest BCUT2D eigenvalue weighted by atomic mass is 32.2. The van der Waals surface area contributed by atoms with Gasteiger partial charge in [-0.05, 0) is 54.8 Å². The molecule has 8 heteroatoms. The molecule has 0 aliphatic carbocycles. The molecule has 1 unspecified atom stereocenters. The number of carbonyl (C=O) groups is 1. The van der Waals surface area contributed by atoms with Crippen LogP contribution in [0.1, 0.15) is 6.42 Å². The van der Waals surface area contributed by atoms with E-state index in [0.717, 1.165) is 0 Å². The van der Waals surface area contributed by atoms with E-state index in [1.807, 2.05) is 6.26 Å². The van der Waals surface area contributed by atoms with Crippen molar-refractivity contribution >= 4 is 33.4 Å². The molecule has 2 N–H and O–H groups in total. The third kappa shape index (κ3) is 5.84. The Balaban J connectivity index is 2.14. The van der Waals surface area contributed by atoms with Crippen LogP contribution in [-0.2, 0) is 14.8 Å². The highest BCUT2D eigenvalue weighted by molar-refractivity contribution is 7.98. The first kappa shape index (κ1) is 19.4. The van der Waals surface area contributed by atoms with Crippen molar-refractivity contribution in [3.63, 3.8) is 0 Å². The predicted octanol–water partition coefficient (Wildman–Crippen LogP) is 2.86. The molecule has 134 valence electrons. The van der Waals surface area contributed by atoms with Crippen LogP contribution in [0.4, 0.5) is 10.1 Å². The van der Waals surface area contributed by atoms with Gasteiger partial charge in [0.2, 0.25) is 15.9 Å². The van der Waals surface area contributed by atoms with Gasteiger partial charge in [0.25, 0.3) is 0 Å². The van der Waals surface area contributed by atoms with Gasteiger partial charge in [-0.2, -0.15) is 16.5 Å². The first-order valence-electron chi connectivity index (χ1n) is 7.55. The van der Waals surface area contributed by atoms with E-state index in [9.17, 15) is 17.6 Å². The summed E-state index contributed by atoms with van der Waals surface area (Å²) < 4.78 is 40.3. The number of thioether (sulfide) groups is 1. The molecule has 5 nitrogen and oxygen atoms in total. The van der Waals surface area contributed by atoms with Crippen LogP contribution >= 0.6 is 11.8 Å². The zero-order valence-electron chi connectivity index (χ0n) is 13.6. The summed E-state index contributed by atoms with van der Waals surface area (Å²) in [6.07, 6.45) is 2.21. The molecule has 0 aliphatic heterocycles. The second-order valence-electron chi connectivity index (χ2n) is 5.26. The van der Waals surface area contributed by atoms with E-state index in [1.54, 1.807) is 18.2 Å². The molecule has 0 saturated carbocycles. The Hall–Kier alpha value is -1.90. The summed E-state index contributed by atoms with van der Waals surface area (Å²) >= 11 is 1.51. The zero-order chi connectivity index (χ0) is 18.3. The van der Waals surface area contributed by atoms with Crippen LogP contribution in [0.15, 0.2) is 59.5 Å². The Labute approximate surface area is 151 Å². The van der Waals surface area contributed by atoms with E-state index in [-0.39, 0.29) is 4.90 Å². The fourth-order valence-electron chi connectivity index (χ4n) is 2.10. The molecule has 0 saturated heterocycles. The van der Waals surface area contributed by atoms with Crippen molar-refractivity contribution in [1.82, 2.24) is 4.72 Å². The van der Waals surface area contributed by atoms with Gasteiger partial charge < -0.3 is 5.32 Å². The molecule has 25 heavy (non-hydrogen) atoms. The average molecular weight is 382 g/mol. The van der Waals surface area contributed by atoms with Gasteiger partial charge in [-0.15, -0.1) is 0 Å². The second-order valence-corrected chi connectivity index (χ2v) is 7.96. The largest absolute Gasteiger partial charge is 0.325 e. The Kier molecular flexibility index (Phi) is 6.98. The van der Waals surface area contributed by atoms with Crippen LogP contribution in [0.25, 0.3) is 0 Å². The summed E-state index contributed by atoms with van der Waals surface area (Å²) in [6.45, 7) is 0. The molecule has 0 spiro atoms. The van der Waals surface area contributed by atoms with Crippen LogP contribution in [0, 0.1) is 5.82 Å². The Morgan fingerprint density at radius 2 is 1.76 bits per heavy atom. The van der Waals surface area contributed by atoms with Crippen molar-refractivity contribution in [3.05, 3.63) is 60.4 Å². The number of hydrogen-bond donors (Lipinski definition) is 2. The molecule has 2 aromatic rings. The van der Waals surface area contributed by atoms with Crippen molar-refractivity contribution in [1.29, 1.82) is 0 Å². The number of anilines is 1. The summed E-state index contributed by atoms with van der Waals surface area (Å²) in [7, 11) is -3.81. The molecule has 0 heterocycles. The van der Waals surface area contributed by atoms with Crippen LogP contribution in [0.5, 0.6) is 0 Å². The summed E-state index contributed by atoms with van der Waals surface area (Å²) in [5, 5.41) is 2.61. The number of nitrogens with one attached hydrogen (secondary N) is 2. The SMILES string of the molecule is CSCCC(NS(=O)(=O)c1ccccc1)C(=O)Nc1ccc(F)cc1. The smallest absolute Gasteiger partial charge is 0.242 e. The Morgan fingerprint density at radius 1 is 1.12 bits per heavy atom. The van der Waals surface area contributed by atoms with Crippen molar-refractivity contribution in [2.24, 2.45) is 0 Å². The minimum Gasteiger partial charge on any atom is -0.325 e. The van der Waals surface area contributed by atoms with Crippen LogP contribution < -0.4 is 10.0 Å². The summed E-state index contributed by atoms with van der Waals surface area (Å²) in [6, 6.07) is 12.2. The number of sulfonamides is 1. The van der Waals surface area contributed by atoms with E-state index in [1.165, 1.54) is 48.2 Å². The average Bonchev–Trinajstić information content (AvgIpc) is 2.61. The molecular formula is C17H19FN2O3S2. The van der Waals surface area contributed by atoms with Crippen molar-refractivity contribution in [3.8, 4) is 0 Å². The van der Waals surface area contributed by atoms with Crippen molar-refractivity contribution in [2.75, 3.05) is 17.3 Å². The highest BCUT2D eigenvalue weighted by Crippen LogP contribution is 2.13. The molecule has 1 atom stereocenters. The first-order valence-corrected chi connectivity index (χ1v) is 10.4. The van der Waals surface area contributed by atoms with E-state index >= 15 is 0 Å². The lowest BCUT2D eigenvalue weighted by Crippen LogP contribution is -2.44. The molecule has 0 aliphatic rings. The lowest BCUT2D eigenvalue weighted by Gasteiger charge is -2.18. The fourth-order valence-corrected chi connectivity index (χ4v) is 3.82. The number of amides is 1. The predicted molar refractivity (Wildman–Crippen MR) is 98.6 cm³/mol. The lowest BCUT2D eigenvalue weighted by atomic mass is 10.2. The molecular weight excluding hydrogens is 363 g/mol. The summed E-state index contributed by atoms with van der Waals surface area (Å²) in [5.74, 6) is -0.291. The monoisotopic (exact) mass is 382 g/mol. The number of hydrogen-bond acceptors (Lipinski definition) is 4. The fraction of sp³-hybridized carbons (Fsp3) is 0.235.